The number of hydrogen-bond acceptors (Lipinski definition) is 2. The van der Waals surface area contributed by atoms with E-state index in [1.165, 1.54) is 0 Å². The molecule has 0 amide bonds. The van der Waals surface area contributed by atoms with Crippen LogP contribution in [0.4, 0.5) is 11.4 Å². The molecule has 4 nitrogen and oxygen atoms in total. The van der Waals surface area contributed by atoms with Crippen LogP contribution in [0.2, 0.25) is 0 Å². The third-order valence-corrected chi connectivity index (χ3v) is 3.80. The SMILES string of the molecule is O=[N+]1C2=Cc3ccccc3C[N+]2([O-])c2ccccc21. The first-order chi connectivity index (χ1) is 9.20. The lowest BCUT2D eigenvalue weighted by Crippen LogP contribution is -2.41. The van der Waals surface area contributed by atoms with Gasteiger partial charge in [0.05, 0.1) is 6.08 Å². The van der Waals surface area contributed by atoms with E-state index in [1.807, 2.05) is 24.3 Å². The Morgan fingerprint density at radius 1 is 1.05 bits per heavy atom. The molecular formula is C15H11N2O2+. The van der Waals surface area contributed by atoms with Crippen molar-refractivity contribution in [3.63, 3.8) is 0 Å². The summed E-state index contributed by atoms with van der Waals surface area (Å²) in [6, 6.07) is 14.7. The van der Waals surface area contributed by atoms with E-state index in [2.05, 4.69) is 0 Å². The molecule has 0 N–H and O–H groups in total. The summed E-state index contributed by atoms with van der Waals surface area (Å²) in [4.78, 5) is 12.3. The second-order valence-corrected chi connectivity index (χ2v) is 4.88. The van der Waals surface area contributed by atoms with Crippen LogP contribution in [-0.4, -0.2) is 4.76 Å². The molecule has 2 aromatic carbocycles. The van der Waals surface area contributed by atoms with Crippen LogP contribution in [0.5, 0.6) is 0 Å². The lowest BCUT2D eigenvalue weighted by Gasteiger charge is -2.35. The molecule has 2 aliphatic rings. The highest BCUT2D eigenvalue weighted by molar-refractivity contribution is 5.73. The molecule has 0 saturated carbocycles. The van der Waals surface area contributed by atoms with Gasteiger partial charge < -0.3 is 5.21 Å². The van der Waals surface area contributed by atoms with Gasteiger partial charge in [0.1, 0.15) is 11.3 Å². The molecule has 92 valence electrons. The number of nitroso groups, excluding NO2 is 1. The summed E-state index contributed by atoms with van der Waals surface area (Å²) in [6.07, 6.45) is 1.71. The van der Waals surface area contributed by atoms with Gasteiger partial charge in [-0.15, -0.1) is 0 Å². The van der Waals surface area contributed by atoms with Crippen molar-refractivity contribution >= 4 is 17.5 Å². The molecule has 0 aliphatic carbocycles. The number of nitrogens with zero attached hydrogens (tertiary/aromatic N) is 2. The van der Waals surface area contributed by atoms with Crippen LogP contribution in [-0.2, 0) is 6.54 Å². The number of hydroxylamine groups is 2. The minimum absolute atomic E-state index is 0.250. The lowest BCUT2D eigenvalue weighted by molar-refractivity contribution is -0.410. The fraction of sp³-hybridized carbons (Fsp3) is 0.0667. The second kappa shape index (κ2) is 3.38. The molecule has 2 aromatic rings. The van der Waals surface area contributed by atoms with Crippen molar-refractivity contribution in [3.8, 4) is 0 Å². The van der Waals surface area contributed by atoms with Crippen LogP contribution in [0.1, 0.15) is 11.1 Å². The van der Waals surface area contributed by atoms with Gasteiger partial charge in [-0.05, 0) is 5.56 Å². The normalized spacial score (nSPS) is 23.4. The van der Waals surface area contributed by atoms with Crippen LogP contribution in [0.15, 0.2) is 54.4 Å². The molecule has 2 heterocycles. The molecule has 1 unspecified atom stereocenters. The highest BCUT2D eigenvalue weighted by Crippen LogP contribution is 2.48. The van der Waals surface area contributed by atoms with E-state index >= 15 is 0 Å². The smallest absolute Gasteiger partial charge is 0.429 e. The molecule has 2 aliphatic heterocycles. The highest BCUT2D eigenvalue weighted by Gasteiger charge is 2.53. The van der Waals surface area contributed by atoms with Gasteiger partial charge in [0.25, 0.3) is 0 Å². The van der Waals surface area contributed by atoms with Gasteiger partial charge in [0.2, 0.25) is 5.69 Å². The zero-order chi connectivity index (χ0) is 13.0. The Balaban J connectivity index is 2.02. The summed E-state index contributed by atoms with van der Waals surface area (Å²) < 4.78 is 0.0783. The van der Waals surface area contributed by atoms with Crippen LogP contribution >= 0.6 is 0 Å². The number of rotatable bonds is 0. The highest BCUT2D eigenvalue weighted by atomic mass is 16.6. The quantitative estimate of drug-likeness (QED) is 0.409. The molecule has 0 spiro atoms. The third-order valence-electron chi connectivity index (χ3n) is 3.80. The van der Waals surface area contributed by atoms with Gasteiger partial charge in [0.15, 0.2) is 0 Å². The maximum atomic E-state index is 13.1. The van der Waals surface area contributed by atoms with Crippen LogP contribution in [0.25, 0.3) is 6.08 Å². The molecular weight excluding hydrogens is 240 g/mol. The number of quaternary nitrogens is 1. The number of benzene rings is 2. The summed E-state index contributed by atoms with van der Waals surface area (Å²) in [5.41, 5.74) is 2.91. The van der Waals surface area contributed by atoms with E-state index in [0.717, 1.165) is 15.9 Å². The lowest BCUT2D eigenvalue weighted by atomic mass is 10.0. The average Bonchev–Trinajstić information content (AvgIpc) is 2.66. The molecule has 4 rings (SSSR count). The summed E-state index contributed by atoms with van der Waals surface area (Å²) in [5.74, 6) is 0.250. The van der Waals surface area contributed by atoms with Crippen molar-refractivity contribution < 1.29 is 4.76 Å². The van der Waals surface area contributed by atoms with Gasteiger partial charge in [-0.25, -0.2) is 4.65 Å². The zero-order valence-electron chi connectivity index (χ0n) is 10.1. The minimum atomic E-state index is -0.684. The molecule has 0 aromatic heterocycles. The van der Waals surface area contributed by atoms with Crippen LogP contribution in [0.3, 0.4) is 0 Å². The van der Waals surface area contributed by atoms with Gasteiger partial charge >= 0.3 is 11.5 Å². The predicted molar refractivity (Wildman–Crippen MR) is 73.0 cm³/mol. The van der Waals surface area contributed by atoms with Crippen molar-refractivity contribution in [2.45, 2.75) is 6.54 Å². The van der Waals surface area contributed by atoms with Crippen molar-refractivity contribution in [1.82, 2.24) is 4.65 Å². The number of hydrogen-bond donors (Lipinski definition) is 0. The van der Waals surface area contributed by atoms with Gasteiger partial charge in [-0.1, -0.05) is 36.4 Å². The Morgan fingerprint density at radius 3 is 2.68 bits per heavy atom. The van der Waals surface area contributed by atoms with E-state index in [-0.39, 0.29) is 12.4 Å². The largest absolute Gasteiger partial charge is 0.617 e. The first kappa shape index (κ1) is 10.6. The Kier molecular flexibility index (Phi) is 1.88. The van der Waals surface area contributed by atoms with E-state index in [4.69, 9.17) is 0 Å². The number of para-hydroxylation sites is 2. The van der Waals surface area contributed by atoms with Crippen molar-refractivity contribution in [2.75, 3.05) is 0 Å². The van der Waals surface area contributed by atoms with Gasteiger partial charge in [0, 0.05) is 22.6 Å². The van der Waals surface area contributed by atoms with E-state index in [1.54, 1.807) is 30.3 Å². The zero-order valence-corrected chi connectivity index (χ0v) is 10.1. The molecule has 19 heavy (non-hydrogen) atoms. The molecule has 4 heteroatoms. The maximum Gasteiger partial charge on any atom is 0.429 e. The summed E-state index contributed by atoms with van der Waals surface area (Å²) >= 11 is 0. The summed E-state index contributed by atoms with van der Waals surface area (Å²) in [6.45, 7) is 0.276. The van der Waals surface area contributed by atoms with Crippen molar-refractivity contribution in [1.29, 1.82) is 0 Å². The molecule has 0 saturated heterocycles. The Labute approximate surface area is 110 Å². The van der Waals surface area contributed by atoms with Gasteiger partial charge in [-0.3, -0.25) is 0 Å². The van der Waals surface area contributed by atoms with Crippen LogP contribution in [0, 0.1) is 10.1 Å². The molecule has 0 radical (unpaired) electrons. The molecule has 0 bridgehead atoms. The molecule has 1 atom stereocenters. The fourth-order valence-corrected chi connectivity index (χ4v) is 2.86. The topological polar surface area (TPSA) is 43.1 Å². The van der Waals surface area contributed by atoms with Crippen molar-refractivity contribution in [2.24, 2.45) is 0 Å². The molecule has 0 fully saturated rings. The van der Waals surface area contributed by atoms with Crippen LogP contribution < -0.4 is 4.65 Å². The Hall–Kier alpha value is -2.30. The first-order valence-corrected chi connectivity index (χ1v) is 6.16. The Morgan fingerprint density at radius 2 is 1.79 bits per heavy atom. The summed E-state index contributed by atoms with van der Waals surface area (Å²) in [7, 11) is 0. The van der Waals surface area contributed by atoms with E-state index in [0.29, 0.717) is 11.4 Å². The van der Waals surface area contributed by atoms with Gasteiger partial charge in [-0.2, -0.15) is 0 Å². The first-order valence-electron chi connectivity index (χ1n) is 6.16. The minimum Gasteiger partial charge on any atom is -0.617 e. The second-order valence-electron chi connectivity index (χ2n) is 4.88. The third kappa shape index (κ3) is 1.24. The summed E-state index contributed by atoms with van der Waals surface area (Å²) in [5, 5.41) is 13.1. The fourth-order valence-electron chi connectivity index (χ4n) is 2.86. The van der Waals surface area contributed by atoms with E-state index in [9.17, 15) is 10.1 Å². The monoisotopic (exact) mass is 251 g/mol. The number of fused-ring (bicyclic) bond motifs is 4. The standard InChI is InChI=1S/C15H11N2O2/c18-16-13-7-3-4-8-14(13)17(19)10-12-6-2-1-5-11(12)9-15(16)17/h1-9H,10H2/q+1. The van der Waals surface area contributed by atoms with Crippen molar-refractivity contribution in [3.05, 3.63) is 75.6 Å². The average molecular weight is 251 g/mol. The van der Waals surface area contributed by atoms with E-state index < -0.39 is 4.65 Å². The maximum absolute atomic E-state index is 13.1. The predicted octanol–water partition coefficient (Wildman–Crippen LogP) is 3.43. The Bertz CT molecular complexity index is 751.